The zero-order chi connectivity index (χ0) is 14.0. The van der Waals surface area contributed by atoms with Gasteiger partial charge in [-0.2, -0.15) is 0 Å². The van der Waals surface area contributed by atoms with Gasteiger partial charge in [-0.05, 0) is 31.2 Å². The fourth-order valence-electron chi connectivity index (χ4n) is 1.74. The van der Waals surface area contributed by atoms with E-state index in [1.807, 2.05) is 0 Å². The Balaban J connectivity index is 2.27. The van der Waals surface area contributed by atoms with Crippen LogP contribution in [0.3, 0.4) is 0 Å². The molecule has 1 aromatic heterocycles. The number of fused-ring (bicyclic) bond motifs is 1. The van der Waals surface area contributed by atoms with Crippen LogP contribution in [0.1, 0.15) is 17.4 Å². The predicted octanol–water partition coefficient (Wildman–Crippen LogP) is 0.223. The largest absolute Gasteiger partial charge is 0.399 e. The van der Waals surface area contributed by atoms with E-state index in [-0.39, 0.29) is 19.1 Å². The smallest absolute Gasteiger partial charge is 0.268 e. The van der Waals surface area contributed by atoms with Crippen LogP contribution in [0.4, 0.5) is 5.69 Å². The SMILES string of the molecule is CC(CO)(CO)NC(=O)c1cc2cc(N)ccc2[nH]1. The molecule has 2 aromatic rings. The van der Waals surface area contributed by atoms with Crippen molar-refractivity contribution in [2.24, 2.45) is 0 Å². The van der Waals surface area contributed by atoms with E-state index >= 15 is 0 Å². The summed E-state index contributed by atoms with van der Waals surface area (Å²) in [4.78, 5) is 15.0. The van der Waals surface area contributed by atoms with Crippen LogP contribution in [0.5, 0.6) is 0 Å². The van der Waals surface area contributed by atoms with Crippen molar-refractivity contribution in [2.75, 3.05) is 18.9 Å². The number of aromatic nitrogens is 1. The molecule has 0 aliphatic rings. The van der Waals surface area contributed by atoms with Crippen molar-refractivity contribution in [3.05, 3.63) is 30.0 Å². The number of nitrogens with one attached hydrogen (secondary N) is 2. The molecule has 6 nitrogen and oxygen atoms in total. The summed E-state index contributed by atoms with van der Waals surface area (Å²) in [5, 5.41) is 21.7. The van der Waals surface area contributed by atoms with Gasteiger partial charge in [0.1, 0.15) is 5.69 Å². The molecule has 0 saturated heterocycles. The van der Waals surface area contributed by atoms with E-state index in [9.17, 15) is 4.79 Å². The van der Waals surface area contributed by atoms with E-state index in [1.165, 1.54) is 0 Å². The molecule has 0 spiro atoms. The first-order valence-electron chi connectivity index (χ1n) is 5.90. The zero-order valence-corrected chi connectivity index (χ0v) is 10.6. The molecule has 6 heteroatoms. The average Bonchev–Trinajstić information content (AvgIpc) is 2.81. The third-order valence-electron chi connectivity index (χ3n) is 3.00. The third-order valence-corrected chi connectivity index (χ3v) is 3.00. The maximum atomic E-state index is 12.0. The summed E-state index contributed by atoms with van der Waals surface area (Å²) in [5.41, 5.74) is 6.40. The monoisotopic (exact) mass is 263 g/mol. The van der Waals surface area contributed by atoms with E-state index < -0.39 is 5.54 Å². The lowest BCUT2D eigenvalue weighted by atomic mass is 10.1. The van der Waals surface area contributed by atoms with Crippen LogP contribution in [0.2, 0.25) is 0 Å². The van der Waals surface area contributed by atoms with Gasteiger partial charge in [-0.3, -0.25) is 4.79 Å². The van der Waals surface area contributed by atoms with Crippen LogP contribution in [-0.4, -0.2) is 39.9 Å². The lowest BCUT2D eigenvalue weighted by Gasteiger charge is -2.25. The van der Waals surface area contributed by atoms with Crippen molar-refractivity contribution in [1.29, 1.82) is 0 Å². The summed E-state index contributed by atoms with van der Waals surface area (Å²) >= 11 is 0. The number of H-pyrrole nitrogens is 1. The highest BCUT2D eigenvalue weighted by Crippen LogP contribution is 2.18. The first-order valence-corrected chi connectivity index (χ1v) is 5.90. The number of rotatable bonds is 4. The highest BCUT2D eigenvalue weighted by molar-refractivity contribution is 5.98. The van der Waals surface area contributed by atoms with Crippen molar-refractivity contribution >= 4 is 22.5 Å². The van der Waals surface area contributed by atoms with Crippen LogP contribution in [0, 0.1) is 0 Å². The van der Waals surface area contributed by atoms with Crippen molar-refractivity contribution in [1.82, 2.24) is 10.3 Å². The molecule has 0 radical (unpaired) electrons. The average molecular weight is 263 g/mol. The highest BCUT2D eigenvalue weighted by atomic mass is 16.3. The molecule has 102 valence electrons. The molecule has 1 amide bonds. The molecule has 0 saturated carbocycles. The molecule has 0 aliphatic carbocycles. The summed E-state index contributed by atoms with van der Waals surface area (Å²) in [7, 11) is 0. The van der Waals surface area contributed by atoms with Gasteiger partial charge in [-0.15, -0.1) is 0 Å². The van der Waals surface area contributed by atoms with Crippen LogP contribution in [0.25, 0.3) is 10.9 Å². The second-order valence-electron chi connectivity index (χ2n) is 4.86. The van der Waals surface area contributed by atoms with Gasteiger partial charge in [0.05, 0.1) is 18.8 Å². The van der Waals surface area contributed by atoms with Crippen LogP contribution < -0.4 is 11.1 Å². The van der Waals surface area contributed by atoms with E-state index in [4.69, 9.17) is 15.9 Å². The van der Waals surface area contributed by atoms with E-state index in [0.29, 0.717) is 11.4 Å². The van der Waals surface area contributed by atoms with Gasteiger partial charge in [-0.25, -0.2) is 0 Å². The number of hydrogen-bond acceptors (Lipinski definition) is 4. The standard InChI is InChI=1S/C13H17N3O3/c1-13(6-17,7-18)16-12(19)11-5-8-4-9(14)2-3-10(8)15-11/h2-5,15,17-18H,6-7,14H2,1H3,(H,16,19). The van der Waals surface area contributed by atoms with Crippen molar-refractivity contribution < 1.29 is 15.0 Å². The number of aliphatic hydroxyl groups is 2. The van der Waals surface area contributed by atoms with Crippen molar-refractivity contribution in [2.45, 2.75) is 12.5 Å². The van der Waals surface area contributed by atoms with Gasteiger partial charge in [0.2, 0.25) is 0 Å². The number of carbonyl (C=O) groups is 1. The fraction of sp³-hybridized carbons (Fsp3) is 0.308. The normalized spacial score (nSPS) is 11.7. The minimum atomic E-state index is -1.05. The Labute approximate surface area is 110 Å². The summed E-state index contributed by atoms with van der Waals surface area (Å²) in [6.07, 6.45) is 0. The first kappa shape index (κ1) is 13.4. The Kier molecular flexibility index (Phi) is 3.46. The Morgan fingerprint density at radius 1 is 1.37 bits per heavy atom. The topological polar surface area (TPSA) is 111 Å². The van der Waals surface area contributed by atoms with E-state index in [0.717, 1.165) is 10.9 Å². The number of benzene rings is 1. The van der Waals surface area contributed by atoms with Gasteiger partial charge >= 0.3 is 0 Å². The van der Waals surface area contributed by atoms with Crippen LogP contribution in [0.15, 0.2) is 24.3 Å². The summed E-state index contributed by atoms with van der Waals surface area (Å²) in [6, 6.07) is 6.97. The first-order chi connectivity index (χ1) is 8.97. The number of aliphatic hydroxyl groups excluding tert-OH is 2. The maximum absolute atomic E-state index is 12.0. The minimum Gasteiger partial charge on any atom is -0.399 e. The molecule has 0 atom stereocenters. The molecule has 0 fully saturated rings. The molecular weight excluding hydrogens is 246 g/mol. The molecule has 2 rings (SSSR count). The molecule has 6 N–H and O–H groups in total. The molecule has 0 aliphatic heterocycles. The summed E-state index contributed by atoms with van der Waals surface area (Å²) in [5.74, 6) is -0.389. The Morgan fingerprint density at radius 3 is 2.68 bits per heavy atom. The van der Waals surface area contributed by atoms with Gasteiger partial charge in [0.25, 0.3) is 5.91 Å². The number of hydrogen-bond donors (Lipinski definition) is 5. The number of carbonyl (C=O) groups excluding carboxylic acids is 1. The fourth-order valence-corrected chi connectivity index (χ4v) is 1.74. The number of nitrogen functional groups attached to an aromatic ring is 1. The molecule has 1 aromatic carbocycles. The number of amides is 1. The second-order valence-corrected chi connectivity index (χ2v) is 4.86. The Hall–Kier alpha value is -2.05. The van der Waals surface area contributed by atoms with Crippen LogP contribution in [-0.2, 0) is 0 Å². The number of nitrogens with two attached hydrogens (primary N) is 1. The molecule has 0 bridgehead atoms. The van der Waals surface area contributed by atoms with Crippen molar-refractivity contribution in [3.8, 4) is 0 Å². The predicted molar refractivity (Wildman–Crippen MR) is 72.8 cm³/mol. The zero-order valence-electron chi connectivity index (χ0n) is 10.6. The molecule has 1 heterocycles. The van der Waals surface area contributed by atoms with E-state index in [1.54, 1.807) is 31.2 Å². The van der Waals surface area contributed by atoms with Gasteiger partial charge in [0.15, 0.2) is 0 Å². The third kappa shape index (κ3) is 2.69. The molecular formula is C13H17N3O3. The lowest BCUT2D eigenvalue weighted by Crippen LogP contribution is -2.51. The summed E-state index contributed by atoms with van der Waals surface area (Å²) < 4.78 is 0. The van der Waals surface area contributed by atoms with Crippen molar-refractivity contribution in [3.63, 3.8) is 0 Å². The molecule has 0 unspecified atom stereocenters. The Morgan fingerprint density at radius 2 is 2.05 bits per heavy atom. The van der Waals surface area contributed by atoms with Gasteiger partial charge in [-0.1, -0.05) is 0 Å². The lowest BCUT2D eigenvalue weighted by molar-refractivity contribution is 0.0720. The molecule has 19 heavy (non-hydrogen) atoms. The maximum Gasteiger partial charge on any atom is 0.268 e. The number of anilines is 1. The highest BCUT2D eigenvalue weighted by Gasteiger charge is 2.25. The van der Waals surface area contributed by atoms with Gasteiger partial charge < -0.3 is 26.2 Å². The number of aromatic amines is 1. The summed E-state index contributed by atoms with van der Waals surface area (Å²) in [6.45, 7) is 0.871. The van der Waals surface area contributed by atoms with Crippen LogP contribution >= 0.6 is 0 Å². The quantitative estimate of drug-likeness (QED) is 0.508. The minimum absolute atomic E-state index is 0.345. The Bertz CT molecular complexity index is 602. The van der Waals surface area contributed by atoms with E-state index in [2.05, 4.69) is 10.3 Å². The second kappa shape index (κ2) is 4.91. The van der Waals surface area contributed by atoms with Gasteiger partial charge in [0, 0.05) is 16.6 Å².